The topological polar surface area (TPSA) is 25.2 Å². The monoisotopic (exact) mass is 635 g/mol. The number of aromatic nitrogens is 1. The van der Waals surface area contributed by atoms with Crippen LogP contribution in [0.15, 0.2) is 151 Å². The van der Waals surface area contributed by atoms with Gasteiger partial charge in [-0.15, -0.1) is 11.3 Å². The van der Waals surface area contributed by atoms with Gasteiger partial charge in [0.25, 0.3) is 0 Å². The van der Waals surface area contributed by atoms with Crippen molar-refractivity contribution in [2.75, 3.05) is 0 Å². The molecule has 0 N–H and O–H groups in total. The second kappa shape index (κ2) is 12.3. The van der Waals surface area contributed by atoms with Crippen molar-refractivity contribution in [3.05, 3.63) is 173 Å². The van der Waals surface area contributed by atoms with Crippen LogP contribution in [0.3, 0.4) is 0 Å². The van der Waals surface area contributed by atoms with Crippen LogP contribution in [0, 0.1) is 0 Å². The summed E-state index contributed by atoms with van der Waals surface area (Å²) in [4.78, 5) is 9.21. The molecule has 0 radical (unpaired) electrons. The van der Waals surface area contributed by atoms with E-state index in [1.54, 1.807) is 12.1 Å². The van der Waals surface area contributed by atoms with Gasteiger partial charge in [0.15, 0.2) is 0 Å². The van der Waals surface area contributed by atoms with Gasteiger partial charge in [0.1, 0.15) is 0 Å². The fourth-order valence-electron chi connectivity index (χ4n) is 6.15. The zero-order valence-electron chi connectivity index (χ0n) is 39.8. The molecule has 3 heteroatoms. The van der Waals surface area contributed by atoms with E-state index in [2.05, 4.69) is 18.3 Å². The lowest BCUT2D eigenvalue weighted by Crippen LogP contribution is -2.33. The summed E-state index contributed by atoms with van der Waals surface area (Å²) < 4.78 is 132. The van der Waals surface area contributed by atoms with Gasteiger partial charge in [0, 0.05) is 31.8 Å². The Morgan fingerprint density at radius 3 is 1.83 bits per heavy atom. The van der Waals surface area contributed by atoms with E-state index in [9.17, 15) is 2.74 Å². The molecular formula is C44H32N2S. The zero-order valence-corrected chi connectivity index (χ0v) is 25.6. The highest BCUT2D eigenvalue weighted by molar-refractivity contribution is 7.20. The molecule has 0 saturated heterocycles. The molecule has 2 heterocycles. The van der Waals surface area contributed by atoms with Crippen molar-refractivity contribution in [3.63, 3.8) is 0 Å². The molecule has 1 aliphatic carbocycles. The van der Waals surface area contributed by atoms with Gasteiger partial charge in [0.2, 0.25) is 0 Å². The molecule has 8 rings (SSSR count). The van der Waals surface area contributed by atoms with Crippen molar-refractivity contribution in [2.24, 2.45) is 4.99 Å². The smallest absolute Gasteiger partial charge is 0.0971 e. The van der Waals surface area contributed by atoms with Crippen LogP contribution in [0.25, 0.3) is 60.1 Å². The zero-order chi connectivity index (χ0) is 44.8. The molecule has 2 aromatic heterocycles. The van der Waals surface area contributed by atoms with Crippen LogP contribution in [0.5, 0.6) is 0 Å². The first kappa shape index (κ1) is 16.8. The van der Waals surface area contributed by atoms with Crippen LogP contribution in [-0.2, 0) is 0 Å². The second-order valence-corrected chi connectivity index (χ2v) is 11.7. The normalized spacial score (nSPS) is 17.1. The summed E-state index contributed by atoms with van der Waals surface area (Å²) in [6.07, 6.45) is 2.16. The number of fused-ring (bicyclic) bond motifs is 2. The molecule has 2 nitrogen and oxygen atoms in total. The van der Waals surface area contributed by atoms with Crippen LogP contribution in [0.1, 0.15) is 50.2 Å². The predicted molar refractivity (Wildman–Crippen MR) is 202 cm³/mol. The Hall–Kier alpha value is -5.64. The van der Waals surface area contributed by atoms with Crippen molar-refractivity contribution >= 4 is 51.9 Å². The molecule has 7 aromatic rings. The Kier molecular flexibility index (Phi) is 4.38. The first-order valence-electron chi connectivity index (χ1n) is 22.2. The molecule has 224 valence electrons. The van der Waals surface area contributed by atoms with Crippen LogP contribution < -0.4 is 10.4 Å². The number of pyridine rings is 1. The molecule has 5 aromatic carbocycles. The van der Waals surface area contributed by atoms with E-state index in [1.165, 1.54) is 0 Å². The average Bonchev–Trinajstić information content (AvgIpc) is 3.64. The first-order chi connectivity index (χ1) is 29.5. The minimum Gasteiger partial charge on any atom is -0.262 e. The number of hydrogen-bond acceptors (Lipinski definition) is 3. The van der Waals surface area contributed by atoms with Gasteiger partial charge in [0.05, 0.1) is 37.5 Å². The maximum atomic E-state index is 9.22. The predicted octanol–water partition coefficient (Wildman–Crippen LogP) is 10.5. The Morgan fingerprint density at radius 1 is 0.660 bits per heavy atom. The van der Waals surface area contributed by atoms with Crippen LogP contribution >= 0.6 is 11.3 Å². The minimum atomic E-state index is -0.699. The molecule has 47 heavy (non-hydrogen) atoms. The molecule has 0 fully saturated rings. The number of hydrogen-bond donors (Lipinski definition) is 0. The number of thiophene rings is 1. The highest BCUT2D eigenvalue weighted by atomic mass is 32.1. The van der Waals surface area contributed by atoms with Crippen molar-refractivity contribution in [1.82, 2.24) is 4.98 Å². The molecular weight excluding hydrogens is 589 g/mol. The lowest BCUT2D eigenvalue weighted by molar-refractivity contribution is 1.03. The molecule has 0 unspecified atom stereocenters. The van der Waals surface area contributed by atoms with Crippen LogP contribution in [-0.4, -0.2) is 11.7 Å². The lowest BCUT2D eigenvalue weighted by Gasteiger charge is -2.20. The van der Waals surface area contributed by atoms with Crippen molar-refractivity contribution in [2.45, 2.75) is 12.8 Å². The first-order valence-corrected chi connectivity index (χ1v) is 15.5. The highest BCUT2D eigenvalue weighted by Gasteiger charge is 2.26. The van der Waals surface area contributed by atoms with Gasteiger partial charge in [-0.1, -0.05) is 146 Å². The van der Waals surface area contributed by atoms with E-state index in [1.807, 2.05) is 42.5 Å². The summed E-state index contributed by atoms with van der Waals surface area (Å²) in [6.45, 7) is 7.66. The number of nitrogens with zero attached hydrogens (tertiary/aromatic N) is 2. The summed E-state index contributed by atoms with van der Waals surface area (Å²) in [7, 11) is 0. The minimum absolute atomic E-state index is 0.0151. The van der Waals surface area contributed by atoms with Gasteiger partial charge in [-0.3, -0.25) is 4.99 Å². The maximum Gasteiger partial charge on any atom is 0.0971 e. The van der Waals surface area contributed by atoms with Crippen LogP contribution in [0.2, 0.25) is 0 Å². The summed E-state index contributed by atoms with van der Waals surface area (Å²) in [5, 5.41) is 2.11. The largest absolute Gasteiger partial charge is 0.262 e. The van der Waals surface area contributed by atoms with Gasteiger partial charge in [-0.05, 0) is 63.9 Å². The van der Waals surface area contributed by atoms with E-state index in [0.717, 1.165) is 27.9 Å². The Bertz CT molecular complexity index is 3210. The molecule has 0 amide bonds. The van der Waals surface area contributed by atoms with Crippen molar-refractivity contribution < 1.29 is 20.6 Å². The number of rotatable bonds is 7. The van der Waals surface area contributed by atoms with Crippen molar-refractivity contribution in [3.8, 4) is 32.0 Å². The summed E-state index contributed by atoms with van der Waals surface area (Å²) in [5.41, 5.74) is 2.86. The summed E-state index contributed by atoms with van der Waals surface area (Å²) >= 11 is 0.762. The SMILES string of the molecule is [2H]c1c([2H])c([2H])c(-c2sc(-c3c([2H])c([2H])c([2H])c([2H])c3[2H])c(-c3c([2H])c([2H])c([2H])c([2H])c3[2H])c2C2=c3ccccc3=C(c3ccc4ccc(C=C)c(N=C)c4n3)CC2)c([2H])c1[2H]. The second-order valence-electron chi connectivity index (χ2n) is 10.6. The third-order valence-corrected chi connectivity index (χ3v) is 9.40. The fourth-order valence-corrected chi connectivity index (χ4v) is 7.40. The van der Waals surface area contributed by atoms with Crippen LogP contribution in [0.4, 0.5) is 5.69 Å². The maximum absolute atomic E-state index is 9.22. The van der Waals surface area contributed by atoms with Gasteiger partial charge in [-0.2, -0.15) is 0 Å². The Morgan fingerprint density at radius 2 is 1.21 bits per heavy atom. The van der Waals surface area contributed by atoms with E-state index in [0.29, 0.717) is 39.3 Å². The quantitative estimate of drug-likeness (QED) is 0.160. The van der Waals surface area contributed by atoms with E-state index < -0.39 is 90.6 Å². The third kappa shape index (κ3) is 5.06. The standard InChI is InChI=1S/C44H32N2S/c1-3-29-23-24-31-25-28-38(46-42(31)41(29)45-2)36-26-27-37(35-22-14-13-21-34(35)36)40-39(30-15-7-4-8-16-30)43(32-17-9-5-10-18-32)47-44(40)33-19-11-6-12-20-33/h3-25,28H,1-2,26-27H2/i4D,5D,6D,7D,8D,9D,10D,11D,12D,15D,16D,17D,18D,19D,20D. The molecule has 0 aliphatic heterocycles. The fraction of sp³-hybridized carbons (Fsp3) is 0.0455. The van der Waals surface area contributed by atoms with Gasteiger partial charge >= 0.3 is 0 Å². The lowest BCUT2D eigenvalue weighted by atomic mass is 9.84. The van der Waals surface area contributed by atoms with Gasteiger partial charge < -0.3 is 0 Å². The molecule has 0 bridgehead atoms. The third-order valence-electron chi connectivity index (χ3n) is 8.17. The Labute approximate surface area is 300 Å². The highest BCUT2D eigenvalue weighted by Crippen LogP contribution is 2.50. The molecule has 0 atom stereocenters. The van der Waals surface area contributed by atoms with Gasteiger partial charge in [-0.25, -0.2) is 4.98 Å². The number of aliphatic imine (C=N–C) groups is 1. The van der Waals surface area contributed by atoms with Crippen molar-refractivity contribution in [1.29, 1.82) is 0 Å². The molecule has 0 saturated carbocycles. The summed E-state index contributed by atoms with van der Waals surface area (Å²) in [6, 6.07) is 4.96. The van der Waals surface area contributed by atoms with E-state index in [-0.39, 0.29) is 44.0 Å². The molecule has 0 spiro atoms. The number of benzene rings is 5. The summed E-state index contributed by atoms with van der Waals surface area (Å²) in [5.74, 6) is 0. The Balaban J connectivity index is 1.63. The van der Waals surface area contributed by atoms with E-state index in [4.69, 9.17) is 22.8 Å². The molecule has 1 aliphatic rings. The van der Waals surface area contributed by atoms with E-state index >= 15 is 0 Å². The average molecular weight is 636 g/mol.